The normalized spacial score (nSPS) is 13.0. The molecule has 0 aliphatic heterocycles. The Balaban J connectivity index is 0.00000288. The minimum Gasteiger partial charge on any atom is -0.488 e. The van der Waals surface area contributed by atoms with Gasteiger partial charge in [-0.25, -0.2) is 4.39 Å². The Bertz CT molecular complexity index is 607. The highest BCUT2D eigenvalue weighted by Crippen LogP contribution is 2.18. The van der Waals surface area contributed by atoms with Crippen molar-refractivity contribution in [2.75, 3.05) is 13.2 Å². The molecular weight excluding hydrogens is 329 g/mol. The first-order chi connectivity index (χ1) is 11.1. The maximum Gasteiger partial charge on any atom is 0.165 e. The van der Waals surface area contributed by atoms with Crippen LogP contribution in [0, 0.1) is 12.7 Å². The summed E-state index contributed by atoms with van der Waals surface area (Å²) in [5, 5.41) is 13.4. The van der Waals surface area contributed by atoms with Crippen LogP contribution in [0.4, 0.5) is 4.39 Å². The molecule has 5 heteroatoms. The number of para-hydroxylation sites is 1. The quantitative estimate of drug-likeness (QED) is 0.752. The first-order valence-corrected chi connectivity index (χ1v) is 7.95. The summed E-state index contributed by atoms with van der Waals surface area (Å²) in [5.74, 6) is -0.254. The van der Waals surface area contributed by atoms with Gasteiger partial charge in [0.05, 0.1) is 0 Å². The Morgan fingerprint density at radius 2 is 1.79 bits per heavy atom. The van der Waals surface area contributed by atoms with E-state index in [1.54, 1.807) is 18.2 Å². The summed E-state index contributed by atoms with van der Waals surface area (Å²) in [7, 11) is 0. The van der Waals surface area contributed by atoms with Crippen molar-refractivity contribution in [2.45, 2.75) is 32.4 Å². The van der Waals surface area contributed by atoms with E-state index in [9.17, 15) is 9.50 Å². The second-order valence-corrected chi connectivity index (χ2v) is 5.68. The molecule has 0 aromatic heterocycles. The lowest BCUT2D eigenvalue weighted by Crippen LogP contribution is -2.33. The number of aliphatic hydroxyl groups is 1. The number of ether oxygens (including phenoxy) is 1. The Kier molecular flexibility index (Phi) is 8.76. The van der Waals surface area contributed by atoms with Crippen molar-refractivity contribution < 1.29 is 14.2 Å². The lowest BCUT2D eigenvalue weighted by Gasteiger charge is -2.20. The van der Waals surface area contributed by atoms with Gasteiger partial charge in [0.15, 0.2) is 11.6 Å². The number of rotatable bonds is 8. The minimum atomic E-state index is -0.700. The molecule has 0 heterocycles. The molecule has 0 fully saturated rings. The lowest BCUT2D eigenvalue weighted by molar-refractivity contribution is 0.101. The predicted molar refractivity (Wildman–Crippen MR) is 97.4 cm³/mol. The number of hydrogen-bond acceptors (Lipinski definition) is 3. The highest BCUT2D eigenvalue weighted by Gasteiger charge is 2.12. The van der Waals surface area contributed by atoms with Crippen molar-refractivity contribution in [3.63, 3.8) is 0 Å². The third-order valence-corrected chi connectivity index (χ3v) is 3.76. The average molecular weight is 354 g/mol. The number of benzene rings is 2. The van der Waals surface area contributed by atoms with E-state index in [2.05, 4.69) is 43.4 Å². The van der Waals surface area contributed by atoms with Crippen molar-refractivity contribution in [3.05, 3.63) is 65.5 Å². The molecule has 0 saturated carbocycles. The second-order valence-electron chi connectivity index (χ2n) is 5.68. The zero-order valence-electron chi connectivity index (χ0n) is 14.0. The van der Waals surface area contributed by atoms with Gasteiger partial charge in [-0.1, -0.05) is 48.9 Å². The Hall–Kier alpha value is -1.62. The monoisotopic (exact) mass is 353 g/mol. The molecule has 0 bridgehead atoms. The van der Waals surface area contributed by atoms with E-state index >= 15 is 0 Å². The molecule has 0 aliphatic rings. The summed E-state index contributed by atoms with van der Waals surface area (Å²) in [6.07, 6.45) is 0.221. The van der Waals surface area contributed by atoms with Crippen molar-refractivity contribution in [1.29, 1.82) is 0 Å². The summed E-state index contributed by atoms with van der Waals surface area (Å²) < 4.78 is 18.8. The molecule has 24 heavy (non-hydrogen) atoms. The molecule has 2 unspecified atom stereocenters. The third-order valence-electron chi connectivity index (χ3n) is 3.76. The molecule has 2 aromatic carbocycles. The molecule has 2 N–H and O–H groups in total. The lowest BCUT2D eigenvalue weighted by atomic mass is 10.0. The van der Waals surface area contributed by atoms with E-state index in [0.29, 0.717) is 6.54 Å². The van der Waals surface area contributed by atoms with Crippen molar-refractivity contribution in [3.8, 4) is 5.75 Å². The summed E-state index contributed by atoms with van der Waals surface area (Å²) >= 11 is 0. The summed E-state index contributed by atoms with van der Waals surface area (Å²) in [6.45, 7) is 4.60. The van der Waals surface area contributed by atoms with Crippen LogP contribution in [0.3, 0.4) is 0 Å². The third kappa shape index (κ3) is 6.11. The number of hydrogen-bond donors (Lipinski definition) is 2. The van der Waals surface area contributed by atoms with Crippen molar-refractivity contribution >= 4 is 12.4 Å². The van der Waals surface area contributed by atoms with Gasteiger partial charge in [0.25, 0.3) is 0 Å². The molecular formula is C19H25ClFNO2. The molecule has 2 aromatic rings. The number of nitrogens with one attached hydrogen (secondary N) is 1. The fourth-order valence-corrected chi connectivity index (χ4v) is 2.38. The van der Waals surface area contributed by atoms with Crippen LogP contribution in [-0.4, -0.2) is 24.4 Å². The maximum atomic E-state index is 13.4. The minimum absolute atomic E-state index is 0. The SMILES string of the molecule is CCC(NCC(O)COc1ccccc1F)c1ccc(C)cc1.Cl. The van der Waals surface area contributed by atoms with Crippen LogP contribution in [0.1, 0.15) is 30.5 Å². The van der Waals surface area contributed by atoms with Gasteiger partial charge in [0.2, 0.25) is 0 Å². The Morgan fingerprint density at radius 3 is 2.42 bits per heavy atom. The fraction of sp³-hybridized carbons (Fsp3) is 0.368. The van der Waals surface area contributed by atoms with E-state index in [-0.39, 0.29) is 30.8 Å². The molecule has 2 rings (SSSR count). The van der Waals surface area contributed by atoms with E-state index < -0.39 is 11.9 Å². The number of halogens is 2. The second kappa shape index (κ2) is 10.3. The Labute approximate surface area is 149 Å². The first-order valence-electron chi connectivity index (χ1n) is 7.95. The summed E-state index contributed by atoms with van der Waals surface area (Å²) in [4.78, 5) is 0. The molecule has 0 aliphatic carbocycles. The van der Waals surface area contributed by atoms with Gasteiger partial charge in [-0.2, -0.15) is 0 Å². The topological polar surface area (TPSA) is 41.5 Å². The van der Waals surface area contributed by atoms with Crippen LogP contribution in [0.15, 0.2) is 48.5 Å². The van der Waals surface area contributed by atoms with Crippen LogP contribution in [0.2, 0.25) is 0 Å². The van der Waals surface area contributed by atoms with Gasteiger partial charge in [-0.3, -0.25) is 0 Å². The molecule has 0 saturated heterocycles. The molecule has 3 nitrogen and oxygen atoms in total. The maximum absolute atomic E-state index is 13.4. The predicted octanol–water partition coefficient (Wildman–Crippen LogP) is 4.04. The van der Waals surface area contributed by atoms with Crippen LogP contribution in [-0.2, 0) is 0 Å². The average Bonchev–Trinajstić information content (AvgIpc) is 2.56. The fourth-order valence-electron chi connectivity index (χ4n) is 2.38. The standard InChI is InChI=1S/C19H24FNO2.ClH/c1-3-18(15-10-8-14(2)9-11-15)21-12-16(22)13-23-19-7-5-4-6-17(19)20;/h4-11,16,18,21-22H,3,12-13H2,1-2H3;1H. The van der Waals surface area contributed by atoms with E-state index in [1.165, 1.54) is 17.2 Å². The number of aliphatic hydroxyl groups excluding tert-OH is 1. The van der Waals surface area contributed by atoms with Gasteiger partial charge >= 0.3 is 0 Å². The van der Waals surface area contributed by atoms with Gasteiger partial charge < -0.3 is 15.2 Å². The van der Waals surface area contributed by atoms with Crippen LogP contribution in [0.25, 0.3) is 0 Å². The van der Waals surface area contributed by atoms with Gasteiger partial charge in [-0.15, -0.1) is 12.4 Å². The zero-order valence-corrected chi connectivity index (χ0v) is 14.9. The first kappa shape index (κ1) is 20.4. The van der Waals surface area contributed by atoms with Crippen LogP contribution in [0.5, 0.6) is 5.75 Å². The van der Waals surface area contributed by atoms with E-state index in [0.717, 1.165) is 6.42 Å². The molecule has 2 atom stereocenters. The van der Waals surface area contributed by atoms with Crippen LogP contribution >= 0.6 is 12.4 Å². The molecule has 132 valence electrons. The molecule has 0 spiro atoms. The summed E-state index contributed by atoms with van der Waals surface area (Å²) in [5.41, 5.74) is 2.42. The summed E-state index contributed by atoms with van der Waals surface area (Å²) in [6, 6.07) is 14.7. The highest BCUT2D eigenvalue weighted by molar-refractivity contribution is 5.85. The van der Waals surface area contributed by atoms with Gasteiger partial charge in [-0.05, 0) is 31.0 Å². The van der Waals surface area contributed by atoms with Crippen molar-refractivity contribution in [2.24, 2.45) is 0 Å². The smallest absolute Gasteiger partial charge is 0.165 e. The Morgan fingerprint density at radius 1 is 1.12 bits per heavy atom. The zero-order chi connectivity index (χ0) is 16.7. The largest absolute Gasteiger partial charge is 0.488 e. The van der Waals surface area contributed by atoms with Crippen LogP contribution < -0.4 is 10.1 Å². The molecule has 0 radical (unpaired) electrons. The van der Waals surface area contributed by atoms with E-state index in [1.807, 2.05) is 0 Å². The van der Waals surface area contributed by atoms with Gasteiger partial charge in [0, 0.05) is 12.6 Å². The van der Waals surface area contributed by atoms with Crippen molar-refractivity contribution in [1.82, 2.24) is 5.32 Å². The van der Waals surface area contributed by atoms with E-state index in [4.69, 9.17) is 4.74 Å². The van der Waals surface area contributed by atoms with Gasteiger partial charge in [0.1, 0.15) is 12.7 Å². The number of aryl methyl sites for hydroxylation is 1. The highest BCUT2D eigenvalue weighted by atomic mass is 35.5. The molecule has 0 amide bonds.